The molecule has 0 radical (unpaired) electrons. The smallest absolute Gasteiger partial charge is 0.202 e. The van der Waals surface area contributed by atoms with Gasteiger partial charge in [0.1, 0.15) is 0 Å². The van der Waals surface area contributed by atoms with Gasteiger partial charge < -0.3 is 13.7 Å². The zero-order valence-electron chi connectivity index (χ0n) is 11.2. The Morgan fingerprint density at radius 1 is 1.26 bits per heavy atom. The van der Waals surface area contributed by atoms with Crippen molar-refractivity contribution >= 4 is 0 Å². The first kappa shape index (κ1) is 12.4. The predicted molar refractivity (Wildman–Crippen MR) is 69.5 cm³/mol. The molecule has 0 aromatic carbocycles. The molecule has 102 valence electrons. The second-order valence-corrected chi connectivity index (χ2v) is 5.11. The molecular weight excluding hydrogens is 244 g/mol. The Hall–Kier alpha value is -1.59. The van der Waals surface area contributed by atoms with Crippen LogP contribution in [0.15, 0.2) is 33.4 Å². The van der Waals surface area contributed by atoms with Gasteiger partial charge in [-0.2, -0.15) is 0 Å². The van der Waals surface area contributed by atoms with Gasteiger partial charge in [-0.3, -0.25) is 4.90 Å². The highest BCUT2D eigenvalue weighted by Gasteiger charge is 2.23. The average Bonchev–Trinajstić information content (AvgIpc) is 2.96. The van der Waals surface area contributed by atoms with E-state index >= 15 is 0 Å². The van der Waals surface area contributed by atoms with Gasteiger partial charge in [-0.05, 0) is 26.0 Å². The molecule has 0 N–H and O–H groups in total. The van der Waals surface area contributed by atoms with Crippen LogP contribution < -0.4 is 0 Å². The third-order valence-corrected chi connectivity index (χ3v) is 3.20. The molecule has 0 bridgehead atoms. The number of aromatic nitrogens is 1. The van der Waals surface area contributed by atoms with Crippen molar-refractivity contribution < 1.29 is 13.7 Å². The van der Waals surface area contributed by atoms with Gasteiger partial charge in [-0.15, -0.1) is 0 Å². The molecule has 19 heavy (non-hydrogen) atoms. The summed E-state index contributed by atoms with van der Waals surface area (Å²) in [5.41, 5.74) is 0.924. The quantitative estimate of drug-likeness (QED) is 0.850. The fourth-order valence-corrected chi connectivity index (χ4v) is 2.56. The SMILES string of the molecule is C[C@H]1CN(Cc2cc(-c3ccco3)on2)C[C@H](C)O1. The molecule has 0 unspecified atom stereocenters. The van der Waals surface area contributed by atoms with Crippen LogP contribution in [0.1, 0.15) is 19.5 Å². The van der Waals surface area contributed by atoms with Gasteiger partial charge in [0.05, 0.1) is 24.2 Å². The third-order valence-electron chi connectivity index (χ3n) is 3.20. The lowest BCUT2D eigenvalue weighted by molar-refractivity contribution is -0.0709. The van der Waals surface area contributed by atoms with E-state index in [4.69, 9.17) is 13.7 Å². The molecule has 0 aliphatic carbocycles. The molecule has 1 aliphatic heterocycles. The Kier molecular flexibility index (Phi) is 3.40. The summed E-state index contributed by atoms with van der Waals surface area (Å²) in [6, 6.07) is 5.63. The molecule has 1 saturated heterocycles. The first-order valence-electron chi connectivity index (χ1n) is 6.58. The first-order chi connectivity index (χ1) is 9.20. The number of furan rings is 1. The molecule has 1 fully saturated rings. The van der Waals surface area contributed by atoms with E-state index in [9.17, 15) is 0 Å². The fourth-order valence-electron chi connectivity index (χ4n) is 2.56. The summed E-state index contributed by atoms with van der Waals surface area (Å²) in [6.07, 6.45) is 2.16. The molecule has 0 amide bonds. The Morgan fingerprint density at radius 2 is 2.05 bits per heavy atom. The normalized spacial score (nSPS) is 24.7. The highest BCUT2D eigenvalue weighted by molar-refractivity contribution is 5.49. The van der Waals surface area contributed by atoms with Crippen molar-refractivity contribution in [2.45, 2.75) is 32.6 Å². The molecule has 2 aromatic rings. The summed E-state index contributed by atoms with van der Waals surface area (Å²) in [7, 11) is 0. The highest BCUT2D eigenvalue weighted by Crippen LogP contribution is 2.22. The largest absolute Gasteiger partial charge is 0.461 e. The maximum Gasteiger partial charge on any atom is 0.202 e. The summed E-state index contributed by atoms with van der Waals surface area (Å²) in [5, 5.41) is 4.10. The Balaban J connectivity index is 1.67. The Bertz CT molecular complexity index is 511. The summed E-state index contributed by atoms with van der Waals surface area (Å²) >= 11 is 0. The maximum absolute atomic E-state index is 5.72. The van der Waals surface area contributed by atoms with Crippen molar-refractivity contribution in [2.24, 2.45) is 0 Å². The van der Waals surface area contributed by atoms with Gasteiger partial charge in [0, 0.05) is 25.7 Å². The summed E-state index contributed by atoms with van der Waals surface area (Å²) < 4.78 is 16.3. The van der Waals surface area contributed by atoms with Crippen LogP contribution in [-0.2, 0) is 11.3 Å². The third kappa shape index (κ3) is 2.88. The molecule has 1 aliphatic rings. The van der Waals surface area contributed by atoms with Crippen LogP contribution in [0.4, 0.5) is 0 Å². The minimum absolute atomic E-state index is 0.264. The van der Waals surface area contributed by atoms with Crippen molar-refractivity contribution in [3.8, 4) is 11.5 Å². The molecule has 5 heteroatoms. The second-order valence-electron chi connectivity index (χ2n) is 5.11. The van der Waals surface area contributed by atoms with E-state index in [1.165, 1.54) is 0 Å². The van der Waals surface area contributed by atoms with Crippen LogP contribution in [0, 0.1) is 0 Å². The lowest BCUT2D eigenvalue weighted by Crippen LogP contribution is -2.44. The van der Waals surface area contributed by atoms with E-state index < -0.39 is 0 Å². The lowest BCUT2D eigenvalue weighted by atomic mass is 10.2. The van der Waals surface area contributed by atoms with Crippen LogP contribution in [-0.4, -0.2) is 35.4 Å². The van der Waals surface area contributed by atoms with Gasteiger partial charge in [-0.1, -0.05) is 5.16 Å². The minimum atomic E-state index is 0.264. The molecule has 3 rings (SSSR count). The molecule has 0 saturated carbocycles. The van der Waals surface area contributed by atoms with Crippen molar-refractivity contribution in [3.05, 3.63) is 30.2 Å². The van der Waals surface area contributed by atoms with Crippen LogP contribution >= 0.6 is 0 Å². The molecular formula is C14H18N2O3. The van der Waals surface area contributed by atoms with Crippen LogP contribution in [0.5, 0.6) is 0 Å². The minimum Gasteiger partial charge on any atom is -0.461 e. The van der Waals surface area contributed by atoms with Gasteiger partial charge in [-0.25, -0.2) is 0 Å². The zero-order chi connectivity index (χ0) is 13.2. The number of nitrogens with zero attached hydrogens (tertiary/aromatic N) is 2. The van der Waals surface area contributed by atoms with Crippen LogP contribution in [0.2, 0.25) is 0 Å². The molecule has 2 aromatic heterocycles. The van der Waals surface area contributed by atoms with Gasteiger partial charge in [0.2, 0.25) is 5.76 Å². The molecule has 0 spiro atoms. The first-order valence-corrected chi connectivity index (χ1v) is 6.58. The van der Waals surface area contributed by atoms with Crippen LogP contribution in [0.3, 0.4) is 0 Å². The topological polar surface area (TPSA) is 51.6 Å². The Labute approximate surface area is 112 Å². The summed E-state index contributed by atoms with van der Waals surface area (Å²) in [5.74, 6) is 1.39. The van der Waals surface area contributed by atoms with Crippen molar-refractivity contribution in [3.63, 3.8) is 0 Å². The van der Waals surface area contributed by atoms with E-state index in [0.717, 1.165) is 25.3 Å². The predicted octanol–water partition coefficient (Wildman–Crippen LogP) is 2.54. The highest BCUT2D eigenvalue weighted by atomic mass is 16.5. The summed E-state index contributed by atoms with van der Waals surface area (Å²) in [4.78, 5) is 2.34. The molecule has 3 heterocycles. The summed E-state index contributed by atoms with van der Waals surface area (Å²) in [6.45, 7) is 6.82. The number of rotatable bonds is 3. The van der Waals surface area contributed by atoms with Crippen molar-refractivity contribution in [2.75, 3.05) is 13.1 Å². The monoisotopic (exact) mass is 262 g/mol. The second kappa shape index (κ2) is 5.19. The Morgan fingerprint density at radius 3 is 2.74 bits per heavy atom. The van der Waals surface area contributed by atoms with Gasteiger partial charge >= 0.3 is 0 Å². The van der Waals surface area contributed by atoms with Gasteiger partial charge in [0.15, 0.2) is 5.76 Å². The number of ether oxygens (including phenoxy) is 1. The molecule has 2 atom stereocenters. The van der Waals surface area contributed by atoms with Crippen LogP contribution in [0.25, 0.3) is 11.5 Å². The van der Waals surface area contributed by atoms with E-state index in [1.54, 1.807) is 6.26 Å². The van der Waals surface area contributed by atoms with Crippen molar-refractivity contribution in [1.29, 1.82) is 0 Å². The van der Waals surface area contributed by atoms with Crippen molar-refractivity contribution in [1.82, 2.24) is 10.1 Å². The van der Waals surface area contributed by atoms with E-state index in [1.807, 2.05) is 18.2 Å². The maximum atomic E-state index is 5.72. The van der Waals surface area contributed by atoms with E-state index in [-0.39, 0.29) is 12.2 Å². The lowest BCUT2D eigenvalue weighted by Gasteiger charge is -2.34. The fraction of sp³-hybridized carbons (Fsp3) is 0.500. The van der Waals surface area contributed by atoms with E-state index in [0.29, 0.717) is 11.5 Å². The number of hydrogen-bond acceptors (Lipinski definition) is 5. The standard InChI is InChI=1S/C14H18N2O3/c1-10-7-16(8-11(2)18-10)9-12-6-14(19-15-12)13-4-3-5-17-13/h3-6,10-11H,7-9H2,1-2H3/t10-,11-/m0/s1. The van der Waals surface area contributed by atoms with Gasteiger partial charge in [0.25, 0.3) is 0 Å². The number of morpholine rings is 1. The molecule has 5 nitrogen and oxygen atoms in total. The van der Waals surface area contributed by atoms with E-state index in [2.05, 4.69) is 23.9 Å². The number of hydrogen-bond donors (Lipinski definition) is 0. The zero-order valence-corrected chi connectivity index (χ0v) is 11.2. The average molecular weight is 262 g/mol.